The minimum atomic E-state index is 0.877. The molecule has 0 spiro atoms. The molecule has 0 aromatic rings. The van der Waals surface area contributed by atoms with Gasteiger partial charge < -0.3 is 9.64 Å². The van der Waals surface area contributed by atoms with Crippen LogP contribution in [0.15, 0.2) is 12.8 Å². The van der Waals surface area contributed by atoms with Crippen LogP contribution in [-0.2, 0) is 4.74 Å². The highest BCUT2D eigenvalue weighted by Crippen LogP contribution is 2.01. The van der Waals surface area contributed by atoms with Crippen LogP contribution in [0.25, 0.3) is 0 Å². The molecule has 3 nitrogen and oxygen atoms in total. The van der Waals surface area contributed by atoms with Gasteiger partial charge in [0.25, 0.3) is 0 Å². The molecule has 0 unspecified atom stereocenters. The van der Waals surface area contributed by atoms with Crippen molar-refractivity contribution in [3.8, 4) is 0 Å². The first kappa shape index (κ1) is 10.5. The lowest BCUT2D eigenvalue weighted by molar-refractivity contribution is 0.139. The van der Waals surface area contributed by atoms with Crippen LogP contribution >= 0.6 is 0 Å². The molecule has 0 atom stereocenters. The third-order valence-electron chi connectivity index (χ3n) is 2.49. The molecular weight excluding hydrogens is 164 g/mol. The van der Waals surface area contributed by atoms with E-state index in [2.05, 4.69) is 16.4 Å². The van der Waals surface area contributed by atoms with Gasteiger partial charge in [0.15, 0.2) is 0 Å². The Kier molecular flexibility index (Phi) is 4.86. The van der Waals surface area contributed by atoms with E-state index < -0.39 is 0 Å². The predicted octanol–water partition coefficient (Wildman–Crippen LogP) is 0.784. The second kappa shape index (κ2) is 6.00. The first-order chi connectivity index (χ1) is 6.36. The standard InChI is InChI=1S/C10H20N2O/c1-3-11-6-8-12(9-7-11)5-4-10-13-2/h3H,1,4-10H2,2H3. The van der Waals surface area contributed by atoms with Gasteiger partial charge in [-0.3, -0.25) is 4.90 Å². The fraction of sp³-hybridized carbons (Fsp3) is 0.800. The highest BCUT2D eigenvalue weighted by Gasteiger charge is 2.12. The van der Waals surface area contributed by atoms with E-state index in [-0.39, 0.29) is 0 Å². The van der Waals surface area contributed by atoms with E-state index in [9.17, 15) is 0 Å². The lowest BCUT2D eigenvalue weighted by Crippen LogP contribution is -2.44. The fourth-order valence-corrected chi connectivity index (χ4v) is 1.60. The molecule has 1 heterocycles. The molecule has 0 amide bonds. The summed E-state index contributed by atoms with van der Waals surface area (Å²) in [4.78, 5) is 4.76. The van der Waals surface area contributed by atoms with E-state index in [0.717, 1.165) is 39.2 Å². The Morgan fingerprint density at radius 3 is 2.54 bits per heavy atom. The number of rotatable bonds is 5. The van der Waals surface area contributed by atoms with Gasteiger partial charge in [-0.1, -0.05) is 6.58 Å². The van der Waals surface area contributed by atoms with Gasteiger partial charge in [0, 0.05) is 46.4 Å². The SMILES string of the molecule is C=CN1CCN(CCCOC)CC1. The monoisotopic (exact) mass is 184 g/mol. The maximum absolute atomic E-state index is 5.02. The third-order valence-corrected chi connectivity index (χ3v) is 2.49. The maximum atomic E-state index is 5.02. The second-order valence-corrected chi connectivity index (χ2v) is 3.41. The van der Waals surface area contributed by atoms with E-state index >= 15 is 0 Å². The molecule has 1 fully saturated rings. The Labute approximate surface area is 81.0 Å². The molecule has 3 heteroatoms. The van der Waals surface area contributed by atoms with Gasteiger partial charge in [-0.15, -0.1) is 0 Å². The van der Waals surface area contributed by atoms with Crippen LogP contribution < -0.4 is 0 Å². The van der Waals surface area contributed by atoms with Gasteiger partial charge >= 0.3 is 0 Å². The molecular formula is C10H20N2O. The van der Waals surface area contributed by atoms with Crippen LogP contribution in [-0.4, -0.2) is 56.2 Å². The number of methoxy groups -OCH3 is 1. The first-order valence-electron chi connectivity index (χ1n) is 4.94. The molecule has 1 rings (SSSR count). The summed E-state index contributed by atoms with van der Waals surface area (Å²) < 4.78 is 5.02. The molecule has 1 aliphatic heterocycles. The summed E-state index contributed by atoms with van der Waals surface area (Å²) in [7, 11) is 1.76. The summed E-state index contributed by atoms with van der Waals surface area (Å²) >= 11 is 0. The van der Waals surface area contributed by atoms with E-state index in [4.69, 9.17) is 4.74 Å². The predicted molar refractivity (Wildman–Crippen MR) is 54.7 cm³/mol. The van der Waals surface area contributed by atoms with Crippen molar-refractivity contribution in [1.29, 1.82) is 0 Å². The van der Waals surface area contributed by atoms with Crippen molar-refractivity contribution in [3.05, 3.63) is 12.8 Å². The average Bonchev–Trinajstić information content (AvgIpc) is 2.19. The zero-order valence-electron chi connectivity index (χ0n) is 8.54. The zero-order chi connectivity index (χ0) is 9.52. The summed E-state index contributed by atoms with van der Waals surface area (Å²) in [5.41, 5.74) is 0. The van der Waals surface area contributed by atoms with Crippen molar-refractivity contribution < 1.29 is 4.74 Å². The molecule has 0 saturated carbocycles. The fourth-order valence-electron chi connectivity index (χ4n) is 1.60. The molecule has 1 saturated heterocycles. The van der Waals surface area contributed by atoms with Crippen molar-refractivity contribution in [1.82, 2.24) is 9.80 Å². The molecule has 76 valence electrons. The Balaban J connectivity index is 2.07. The van der Waals surface area contributed by atoms with Crippen molar-refractivity contribution in [2.45, 2.75) is 6.42 Å². The molecule has 0 aromatic heterocycles. The third kappa shape index (κ3) is 3.79. The first-order valence-corrected chi connectivity index (χ1v) is 4.94. The lowest BCUT2D eigenvalue weighted by atomic mass is 10.3. The number of piperazine rings is 1. The van der Waals surface area contributed by atoms with Gasteiger partial charge in [0.2, 0.25) is 0 Å². The summed E-state index contributed by atoms with van der Waals surface area (Å²) in [6.45, 7) is 10.4. The van der Waals surface area contributed by atoms with Crippen LogP contribution in [0.1, 0.15) is 6.42 Å². The Bertz CT molecular complexity index is 142. The molecule has 13 heavy (non-hydrogen) atoms. The summed E-state index contributed by atoms with van der Waals surface area (Å²) in [6, 6.07) is 0. The topological polar surface area (TPSA) is 15.7 Å². The minimum absolute atomic E-state index is 0.877. The van der Waals surface area contributed by atoms with E-state index in [1.54, 1.807) is 7.11 Å². The number of hydrogen-bond acceptors (Lipinski definition) is 3. The lowest BCUT2D eigenvalue weighted by Gasteiger charge is -2.33. The van der Waals surface area contributed by atoms with Crippen molar-refractivity contribution in [2.75, 3.05) is 46.4 Å². The Morgan fingerprint density at radius 2 is 2.00 bits per heavy atom. The quantitative estimate of drug-likeness (QED) is 0.587. The number of nitrogens with zero attached hydrogens (tertiary/aromatic N) is 2. The second-order valence-electron chi connectivity index (χ2n) is 3.41. The number of ether oxygens (including phenoxy) is 1. The van der Waals surface area contributed by atoms with Gasteiger partial charge in [0.1, 0.15) is 0 Å². The van der Waals surface area contributed by atoms with Gasteiger partial charge in [0.05, 0.1) is 0 Å². The molecule has 0 aromatic carbocycles. The minimum Gasteiger partial charge on any atom is -0.385 e. The van der Waals surface area contributed by atoms with Crippen molar-refractivity contribution in [3.63, 3.8) is 0 Å². The van der Waals surface area contributed by atoms with E-state index in [1.165, 1.54) is 6.54 Å². The summed E-state index contributed by atoms with van der Waals surface area (Å²) in [6.07, 6.45) is 3.08. The van der Waals surface area contributed by atoms with Gasteiger partial charge in [-0.05, 0) is 12.6 Å². The largest absolute Gasteiger partial charge is 0.385 e. The highest BCUT2D eigenvalue weighted by atomic mass is 16.5. The van der Waals surface area contributed by atoms with Crippen LogP contribution in [0.2, 0.25) is 0 Å². The normalized spacial score (nSPS) is 19.0. The van der Waals surface area contributed by atoms with Crippen molar-refractivity contribution >= 4 is 0 Å². The van der Waals surface area contributed by atoms with Crippen molar-refractivity contribution in [2.24, 2.45) is 0 Å². The Morgan fingerprint density at radius 1 is 1.31 bits per heavy atom. The molecule has 0 aliphatic carbocycles. The van der Waals surface area contributed by atoms with E-state index in [1.807, 2.05) is 6.20 Å². The maximum Gasteiger partial charge on any atom is 0.0474 e. The number of hydrogen-bond donors (Lipinski definition) is 0. The molecule has 0 radical (unpaired) electrons. The van der Waals surface area contributed by atoms with Crippen LogP contribution in [0, 0.1) is 0 Å². The van der Waals surface area contributed by atoms with Gasteiger partial charge in [-0.25, -0.2) is 0 Å². The molecule has 1 aliphatic rings. The molecule has 0 N–H and O–H groups in total. The summed E-state index contributed by atoms with van der Waals surface area (Å²) in [5.74, 6) is 0. The molecule has 0 bridgehead atoms. The smallest absolute Gasteiger partial charge is 0.0474 e. The zero-order valence-corrected chi connectivity index (χ0v) is 8.54. The average molecular weight is 184 g/mol. The highest BCUT2D eigenvalue weighted by molar-refractivity contribution is 4.78. The van der Waals surface area contributed by atoms with Gasteiger partial charge in [-0.2, -0.15) is 0 Å². The van der Waals surface area contributed by atoms with Crippen LogP contribution in [0.3, 0.4) is 0 Å². The van der Waals surface area contributed by atoms with Crippen LogP contribution in [0.5, 0.6) is 0 Å². The summed E-state index contributed by atoms with van der Waals surface area (Å²) in [5, 5.41) is 0. The van der Waals surface area contributed by atoms with E-state index in [0.29, 0.717) is 0 Å². The van der Waals surface area contributed by atoms with Crippen LogP contribution in [0.4, 0.5) is 0 Å². The Hall–Kier alpha value is -0.540.